The molecule has 1 N–H and O–H groups in total. The molecular formula is C5H10FN. The van der Waals surface area contributed by atoms with E-state index < -0.39 is 0 Å². The van der Waals surface area contributed by atoms with E-state index in [2.05, 4.69) is 0 Å². The highest BCUT2D eigenvalue weighted by atomic mass is 19.2. The highest BCUT2D eigenvalue weighted by Gasteiger charge is 2.12. The molecule has 0 bridgehead atoms. The molecule has 0 aromatic carbocycles. The van der Waals surface area contributed by atoms with Crippen molar-refractivity contribution in [2.45, 2.75) is 31.7 Å². The quantitative estimate of drug-likeness (QED) is 0.495. The minimum atomic E-state index is 0.181. The lowest BCUT2D eigenvalue weighted by Gasteiger charge is -1.98. The van der Waals surface area contributed by atoms with Gasteiger partial charge < -0.3 is 0 Å². The molecule has 0 aromatic heterocycles. The molecule has 0 spiro atoms. The highest BCUT2D eigenvalue weighted by molar-refractivity contribution is 4.68. The van der Waals surface area contributed by atoms with Crippen LogP contribution >= 0.6 is 0 Å². The zero-order valence-corrected chi connectivity index (χ0v) is 4.28. The van der Waals surface area contributed by atoms with Gasteiger partial charge in [-0.25, -0.2) is 0 Å². The van der Waals surface area contributed by atoms with Crippen LogP contribution in [-0.2, 0) is 0 Å². The minimum absolute atomic E-state index is 0.181. The fraction of sp³-hybridized carbons (Fsp3) is 1.00. The fourth-order valence-corrected chi connectivity index (χ4v) is 1.03. The lowest BCUT2D eigenvalue weighted by Crippen LogP contribution is -2.15. The number of rotatable bonds is 1. The molecule has 0 unspecified atom stereocenters. The molecule has 0 aromatic rings. The second-order valence-electron chi connectivity index (χ2n) is 2.09. The van der Waals surface area contributed by atoms with Crippen LogP contribution in [0.3, 0.4) is 0 Å². The van der Waals surface area contributed by atoms with Crippen LogP contribution in [0, 0.1) is 0 Å². The number of halogens is 1. The molecule has 1 aliphatic rings. The van der Waals surface area contributed by atoms with Crippen LogP contribution in [0.5, 0.6) is 0 Å². The van der Waals surface area contributed by atoms with E-state index in [1.807, 2.05) is 0 Å². The Hall–Kier alpha value is -0.110. The molecule has 1 saturated carbocycles. The Morgan fingerprint density at radius 1 is 1.29 bits per heavy atom. The molecule has 0 radical (unpaired) electrons. The first-order chi connectivity index (χ1) is 3.43. The van der Waals surface area contributed by atoms with Gasteiger partial charge in [-0.1, -0.05) is 12.8 Å². The Bertz CT molecular complexity index is 50.0. The van der Waals surface area contributed by atoms with Gasteiger partial charge in [0.15, 0.2) is 0 Å². The van der Waals surface area contributed by atoms with Crippen molar-refractivity contribution >= 4 is 0 Å². The van der Waals surface area contributed by atoms with Crippen LogP contribution < -0.4 is 5.54 Å². The molecule has 0 atom stereocenters. The van der Waals surface area contributed by atoms with E-state index in [9.17, 15) is 4.48 Å². The maximum Gasteiger partial charge on any atom is 0.0371 e. The van der Waals surface area contributed by atoms with Gasteiger partial charge in [0, 0.05) is 6.04 Å². The third-order valence-corrected chi connectivity index (χ3v) is 1.51. The molecule has 0 heterocycles. The van der Waals surface area contributed by atoms with Gasteiger partial charge in [-0.3, -0.25) is 0 Å². The Kier molecular flexibility index (Phi) is 1.63. The largest absolute Gasteiger partial charge is 0.156 e. The van der Waals surface area contributed by atoms with Crippen molar-refractivity contribution in [3.8, 4) is 0 Å². The standard InChI is InChI=1S/C5H10FN/c6-7-5-3-1-2-4-5/h5,7H,1-4H2. The average molecular weight is 103 g/mol. The molecule has 1 rings (SSSR count). The number of nitrogens with one attached hydrogen (secondary N) is 1. The average Bonchev–Trinajstić information content (AvgIpc) is 2.14. The van der Waals surface area contributed by atoms with Gasteiger partial charge >= 0.3 is 0 Å². The summed E-state index contributed by atoms with van der Waals surface area (Å²) < 4.78 is 11.4. The summed E-state index contributed by atoms with van der Waals surface area (Å²) in [6.07, 6.45) is 4.44. The summed E-state index contributed by atoms with van der Waals surface area (Å²) in [5, 5.41) is 0. The third-order valence-electron chi connectivity index (χ3n) is 1.51. The van der Waals surface area contributed by atoms with E-state index in [1.165, 1.54) is 12.8 Å². The number of hydrogen-bond donors (Lipinski definition) is 1. The molecule has 0 amide bonds. The third kappa shape index (κ3) is 1.13. The summed E-state index contributed by atoms with van der Waals surface area (Å²) in [5.74, 6) is 0. The molecule has 1 aliphatic carbocycles. The topological polar surface area (TPSA) is 12.0 Å². The van der Waals surface area contributed by atoms with Gasteiger partial charge in [-0.05, 0) is 12.8 Å². The second-order valence-corrected chi connectivity index (χ2v) is 2.09. The predicted octanol–water partition coefficient (Wildman–Crippen LogP) is 1.40. The lowest BCUT2D eigenvalue weighted by molar-refractivity contribution is 0.272. The van der Waals surface area contributed by atoms with Crippen LogP contribution in [0.15, 0.2) is 0 Å². The lowest BCUT2D eigenvalue weighted by atomic mass is 10.3. The van der Waals surface area contributed by atoms with Crippen molar-refractivity contribution < 1.29 is 4.48 Å². The molecule has 2 heteroatoms. The molecule has 42 valence electrons. The molecular weight excluding hydrogens is 93.1 g/mol. The van der Waals surface area contributed by atoms with E-state index in [4.69, 9.17) is 0 Å². The minimum Gasteiger partial charge on any atom is -0.156 e. The summed E-state index contributed by atoms with van der Waals surface area (Å²) >= 11 is 0. The first-order valence-corrected chi connectivity index (χ1v) is 2.79. The Labute approximate surface area is 42.8 Å². The van der Waals surface area contributed by atoms with Crippen molar-refractivity contribution in [2.75, 3.05) is 0 Å². The second kappa shape index (κ2) is 2.26. The van der Waals surface area contributed by atoms with Gasteiger partial charge in [0.25, 0.3) is 0 Å². The number of hydrogen-bond acceptors (Lipinski definition) is 1. The summed E-state index contributed by atoms with van der Waals surface area (Å²) in [6.45, 7) is 0. The first-order valence-electron chi connectivity index (χ1n) is 2.79. The monoisotopic (exact) mass is 103 g/mol. The summed E-state index contributed by atoms with van der Waals surface area (Å²) in [5.41, 5.74) is 1.76. The highest BCUT2D eigenvalue weighted by Crippen LogP contribution is 2.16. The predicted molar refractivity (Wildman–Crippen MR) is 26.5 cm³/mol. The van der Waals surface area contributed by atoms with Gasteiger partial charge in [0.05, 0.1) is 0 Å². The van der Waals surface area contributed by atoms with Crippen molar-refractivity contribution in [3.63, 3.8) is 0 Å². The summed E-state index contributed by atoms with van der Waals surface area (Å²) in [7, 11) is 0. The van der Waals surface area contributed by atoms with E-state index in [0.717, 1.165) is 12.8 Å². The maximum atomic E-state index is 11.4. The molecule has 7 heavy (non-hydrogen) atoms. The van der Waals surface area contributed by atoms with Crippen molar-refractivity contribution in [1.82, 2.24) is 5.54 Å². The van der Waals surface area contributed by atoms with Crippen LogP contribution in [0.2, 0.25) is 0 Å². The van der Waals surface area contributed by atoms with Crippen LogP contribution in [0.4, 0.5) is 4.48 Å². The molecule has 1 nitrogen and oxygen atoms in total. The maximum absolute atomic E-state index is 11.4. The Morgan fingerprint density at radius 3 is 2.14 bits per heavy atom. The van der Waals surface area contributed by atoms with Crippen molar-refractivity contribution in [3.05, 3.63) is 0 Å². The van der Waals surface area contributed by atoms with E-state index in [0.29, 0.717) is 0 Å². The van der Waals surface area contributed by atoms with Crippen LogP contribution in [-0.4, -0.2) is 6.04 Å². The van der Waals surface area contributed by atoms with Crippen LogP contribution in [0.1, 0.15) is 25.7 Å². The van der Waals surface area contributed by atoms with E-state index >= 15 is 0 Å². The molecule has 1 fully saturated rings. The normalized spacial score (nSPS) is 23.6. The van der Waals surface area contributed by atoms with Gasteiger partial charge in [0.1, 0.15) is 0 Å². The summed E-state index contributed by atoms with van der Waals surface area (Å²) in [6, 6.07) is 0.181. The van der Waals surface area contributed by atoms with Crippen molar-refractivity contribution in [1.29, 1.82) is 0 Å². The van der Waals surface area contributed by atoms with Gasteiger partial charge in [-0.15, -0.1) is 4.48 Å². The first kappa shape index (κ1) is 5.04. The molecule has 0 saturated heterocycles. The van der Waals surface area contributed by atoms with Crippen molar-refractivity contribution in [2.24, 2.45) is 0 Å². The van der Waals surface area contributed by atoms with Crippen LogP contribution in [0.25, 0.3) is 0 Å². The SMILES string of the molecule is FNC1CCCC1. The zero-order valence-electron chi connectivity index (χ0n) is 4.28. The smallest absolute Gasteiger partial charge is 0.0371 e. The Balaban J connectivity index is 2.14. The summed E-state index contributed by atoms with van der Waals surface area (Å²) in [4.78, 5) is 0. The van der Waals surface area contributed by atoms with E-state index in [-0.39, 0.29) is 6.04 Å². The fourth-order valence-electron chi connectivity index (χ4n) is 1.03. The zero-order chi connectivity index (χ0) is 5.11. The Morgan fingerprint density at radius 2 is 1.86 bits per heavy atom. The van der Waals surface area contributed by atoms with E-state index in [1.54, 1.807) is 5.54 Å². The van der Waals surface area contributed by atoms with Gasteiger partial charge in [-0.2, -0.15) is 5.54 Å². The van der Waals surface area contributed by atoms with Gasteiger partial charge in [0.2, 0.25) is 0 Å². The molecule has 0 aliphatic heterocycles.